The van der Waals surface area contributed by atoms with Crippen molar-refractivity contribution >= 4 is 0 Å². The first-order chi connectivity index (χ1) is 6.24. The van der Waals surface area contributed by atoms with Crippen LogP contribution in [0.2, 0.25) is 0 Å². The van der Waals surface area contributed by atoms with Crippen molar-refractivity contribution in [3.63, 3.8) is 0 Å². The molecule has 0 amide bonds. The number of nitrogens with two attached hydrogens (primary N) is 1. The smallest absolute Gasteiger partial charge is 0.168 e. The third-order valence-electron chi connectivity index (χ3n) is 2.91. The Morgan fingerprint density at radius 3 is 2.92 bits per heavy atom. The Labute approximate surface area is 77.3 Å². The molecule has 0 spiro atoms. The molecule has 5 heteroatoms. The van der Waals surface area contributed by atoms with E-state index >= 15 is 0 Å². The highest BCUT2D eigenvalue weighted by Gasteiger charge is 2.42. The lowest BCUT2D eigenvalue weighted by Crippen LogP contribution is -2.18. The summed E-state index contributed by atoms with van der Waals surface area (Å²) in [6, 6.07) is 0.0185. The van der Waals surface area contributed by atoms with E-state index in [9.17, 15) is 0 Å². The second kappa shape index (κ2) is 3.06. The van der Waals surface area contributed by atoms with Gasteiger partial charge in [0.1, 0.15) is 0 Å². The minimum atomic E-state index is 0.0185. The van der Waals surface area contributed by atoms with Crippen molar-refractivity contribution < 1.29 is 0 Å². The van der Waals surface area contributed by atoms with Crippen LogP contribution < -0.4 is 5.73 Å². The number of rotatable bonds is 3. The summed E-state index contributed by atoms with van der Waals surface area (Å²) in [5, 5.41) is 11.3. The molecule has 1 fully saturated rings. The molecule has 0 bridgehead atoms. The van der Waals surface area contributed by atoms with Gasteiger partial charge in [-0.25, -0.2) is 4.68 Å². The van der Waals surface area contributed by atoms with E-state index < -0.39 is 0 Å². The molecular weight excluding hydrogens is 166 g/mol. The first kappa shape index (κ1) is 8.62. The van der Waals surface area contributed by atoms with Gasteiger partial charge in [-0.2, -0.15) is 0 Å². The molecule has 1 aromatic heterocycles. The minimum absolute atomic E-state index is 0.0185. The molecule has 2 rings (SSSR count). The lowest BCUT2D eigenvalue weighted by atomic mass is 10.1. The average Bonchev–Trinajstić information content (AvgIpc) is 2.80. The highest BCUT2D eigenvalue weighted by molar-refractivity contribution is 5.02. The lowest BCUT2D eigenvalue weighted by molar-refractivity contribution is 0.514. The molecule has 5 nitrogen and oxygen atoms in total. The summed E-state index contributed by atoms with van der Waals surface area (Å²) in [7, 11) is 1.83. The summed E-state index contributed by atoms with van der Waals surface area (Å²) in [6.07, 6.45) is 2.44. The maximum Gasteiger partial charge on any atom is 0.168 e. The van der Waals surface area contributed by atoms with Gasteiger partial charge in [0.05, 0.1) is 6.04 Å². The van der Waals surface area contributed by atoms with Gasteiger partial charge in [-0.05, 0) is 28.7 Å². The van der Waals surface area contributed by atoms with Gasteiger partial charge in [0.2, 0.25) is 0 Å². The highest BCUT2D eigenvalue weighted by atomic mass is 15.5. The van der Waals surface area contributed by atoms with Crippen LogP contribution in [0, 0.1) is 11.8 Å². The van der Waals surface area contributed by atoms with E-state index in [0.29, 0.717) is 5.92 Å². The van der Waals surface area contributed by atoms with E-state index in [1.807, 2.05) is 7.05 Å². The average molecular weight is 181 g/mol. The number of aryl methyl sites for hydroxylation is 1. The van der Waals surface area contributed by atoms with Crippen LogP contribution in [0.4, 0.5) is 0 Å². The quantitative estimate of drug-likeness (QED) is 0.726. The van der Waals surface area contributed by atoms with Crippen LogP contribution in [-0.4, -0.2) is 20.2 Å². The Hall–Kier alpha value is -0.970. The fourth-order valence-electron chi connectivity index (χ4n) is 1.89. The predicted molar refractivity (Wildman–Crippen MR) is 47.6 cm³/mol. The lowest BCUT2D eigenvalue weighted by Gasteiger charge is -2.07. The van der Waals surface area contributed by atoms with E-state index in [2.05, 4.69) is 22.4 Å². The number of hydrogen-bond acceptors (Lipinski definition) is 4. The summed E-state index contributed by atoms with van der Waals surface area (Å²) >= 11 is 0. The largest absolute Gasteiger partial charge is 0.321 e. The number of aromatic nitrogens is 4. The summed E-state index contributed by atoms with van der Waals surface area (Å²) in [4.78, 5) is 0. The molecule has 1 heterocycles. The molecule has 1 unspecified atom stereocenters. The molecule has 1 aliphatic carbocycles. The first-order valence-electron chi connectivity index (χ1n) is 4.71. The van der Waals surface area contributed by atoms with E-state index in [-0.39, 0.29) is 6.04 Å². The second-order valence-corrected chi connectivity index (χ2v) is 3.75. The molecule has 3 atom stereocenters. The Kier molecular flexibility index (Phi) is 2.03. The Morgan fingerprint density at radius 1 is 1.69 bits per heavy atom. The van der Waals surface area contributed by atoms with Crippen LogP contribution in [0.5, 0.6) is 0 Å². The highest BCUT2D eigenvalue weighted by Crippen LogP contribution is 2.47. The fraction of sp³-hybridized carbons (Fsp3) is 0.875. The Bertz CT molecular complexity index is 294. The van der Waals surface area contributed by atoms with E-state index in [1.165, 1.54) is 12.8 Å². The van der Waals surface area contributed by atoms with E-state index in [4.69, 9.17) is 5.73 Å². The molecule has 1 saturated carbocycles. The molecule has 2 N–H and O–H groups in total. The summed E-state index contributed by atoms with van der Waals surface area (Å²) < 4.78 is 1.66. The van der Waals surface area contributed by atoms with Gasteiger partial charge in [-0.1, -0.05) is 13.3 Å². The van der Waals surface area contributed by atoms with Gasteiger partial charge in [-0.15, -0.1) is 5.10 Å². The topological polar surface area (TPSA) is 69.6 Å². The fourth-order valence-corrected chi connectivity index (χ4v) is 1.89. The Balaban J connectivity index is 2.06. The molecule has 0 aromatic carbocycles. The van der Waals surface area contributed by atoms with Crippen LogP contribution in [-0.2, 0) is 7.05 Å². The van der Waals surface area contributed by atoms with E-state index in [1.54, 1.807) is 4.68 Å². The van der Waals surface area contributed by atoms with Gasteiger partial charge in [0.25, 0.3) is 0 Å². The molecule has 13 heavy (non-hydrogen) atoms. The maximum atomic E-state index is 6.05. The third kappa shape index (κ3) is 1.44. The third-order valence-corrected chi connectivity index (χ3v) is 2.91. The van der Waals surface area contributed by atoms with Gasteiger partial charge in [0.15, 0.2) is 5.82 Å². The van der Waals surface area contributed by atoms with Gasteiger partial charge in [0, 0.05) is 7.05 Å². The van der Waals surface area contributed by atoms with Crippen LogP contribution in [0.15, 0.2) is 0 Å². The number of tetrazole rings is 1. The van der Waals surface area contributed by atoms with Crippen LogP contribution in [0.1, 0.15) is 31.6 Å². The molecule has 0 aliphatic heterocycles. The standard InChI is InChI=1S/C8H15N5/c1-3-5-4-6(5)7(9)8-10-11-12-13(8)2/h5-7H,3-4,9H2,1-2H3/t5-,6-,7?/m1/s1. The number of nitrogens with zero attached hydrogens (tertiary/aromatic N) is 4. The normalized spacial score (nSPS) is 28.8. The van der Waals surface area contributed by atoms with E-state index in [0.717, 1.165) is 11.7 Å². The van der Waals surface area contributed by atoms with Crippen molar-refractivity contribution in [1.29, 1.82) is 0 Å². The predicted octanol–water partition coefficient (Wildman–Crippen LogP) is 0.256. The van der Waals surface area contributed by atoms with Gasteiger partial charge >= 0.3 is 0 Å². The molecular formula is C8H15N5. The van der Waals surface area contributed by atoms with Crippen molar-refractivity contribution in [2.75, 3.05) is 0 Å². The Morgan fingerprint density at radius 2 is 2.46 bits per heavy atom. The zero-order chi connectivity index (χ0) is 9.42. The van der Waals surface area contributed by atoms with Crippen LogP contribution in [0.3, 0.4) is 0 Å². The van der Waals surface area contributed by atoms with Gasteiger partial charge in [-0.3, -0.25) is 0 Å². The zero-order valence-corrected chi connectivity index (χ0v) is 8.01. The zero-order valence-electron chi connectivity index (χ0n) is 8.01. The molecule has 0 radical (unpaired) electrons. The van der Waals surface area contributed by atoms with Crippen molar-refractivity contribution in [3.8, 4) is 0 Å². The monoisotopic (exact) mass is 181 g/mol. The van der Waals surface area contributed by atoms with Crippen LogP contribution in [0.25, 0.3) is 0 Å². The summed E-state index contributed by atoms with van der Waals surface area (Å²) in [5.41, 5.74) is 6.05. The maximum absolute atomic E-state index is 6.05. The second-order valence-electron chi connectivity index (χ2n) is 3.75. The number of hydrogen-bond donors (Lipinski definition) is 1. The minimum Gasteiger partial charge on any atom is -0.321 e. The summed E-state index contributed by atoms with van der Waals surface area (Å²) in [5.74, 6) is 2.18. The molecule has 1 aliphatic rings. The van der Waals surface area contributed by atoms with Crippen LogP contribution >= 0.6 is 0 Å². The first-order valence-corrected chi connectivity index (χ1v) is 4.71. The molecule has 0 saturated heterocycles. The van der Waals surface area contributed by atoms with Crippen molar-refractivity contribution in [1.82, 2.24) is 20.2 Å². The van der Waals surface area contributed by atoms with Crippen molar-refractivity contribution in [2.24, 2.45) is 24.6 Å². The SMILES string of the molecule is CC[C@@H]1C[C@H]1C(N)c1nnnn1C. The molecule has 72 valence electrons. The molecule has 1 aromatic rings. The van der Waals surface area contributed by atoms with Gasteiger partial charge < -0.3 is 5.73 Å². The van der Waals surface area contributed by atoms with Crippen molar-refractivity contribution in [3.05, 3.63) is 5.82 Å². The van der Waals surface area contributed by atoms with Crippen molar-refractivity contribution in [2.45, 2.75) is 25.8 Å². The summed E-state index contributed by atoms with van der Waals surface area (Å²) in [6.45, 7) is 2.20.